The maximum absolute atomic E-state index is 2.28. The maximum atomic E-state index is 2.28. The predicted molar refractivity (Wildman–Crippen MR) is 114 cm³/mol. The van der Waals surface area contributed by atoms with Crippen LogP contribution in [-0.2, 0) is 0 Å². The van der Waals surface area contributed by atoms with Gasteiger partial charge in [0.25, 0.3) is 0 Å². The van der Waals surface area contributed by atoms with Crippen LogP contribution in [0.3, 0.4) is 0 Å². The Morgan fingerprint density at radius 3 is 0.692 bits per heavy atom. The molecule has 2 heteroatoms. The molecule has 0 bridgehead atoms. The highest BCUT2D eigenvalue weighted by Crippen LogP contribution is 2.53. The lowest BCUT2D eigenvalue weighted by Gasteiger charge is -2.27. The molecule has 0 radical (unpaired) electrons. The summed E-state index contributed by atoms with van der Waals surface area (Å²) < 4.78 is 0. The van der Waals surface area contributed by atoms with Crippen LogP contribution >= 0.6 is 7.26 Å². The molecule has 0 unspecified atom stereocenters. The van der Waals surface area contributed by atoms with Crippen molar-refractivity contribution in [1.82, 2.24) is 0 Å². The van der Waals surface area contributed by atoms with Crippen LogP contribution in [0.25, 0.3) is 0 Å². The summed E-state index contributed by atoms with van der Waals surface area (Å²) in [6.45, 7) is 0. The fraction of sp³-hybridized carbons (Fsp3) is 0. The van der Waals surface area contributed by atoms with Gasteiger partial charge in [-0.15, -0.1) is 0 Å². The molecule has 4 rings (SSSR count). The third-order valence-corrected chi connectivity index (χ3v) is 8.86. The molecule has 0 aromatic heterocycles. The predicted octanol–water partition coefficient (Wildman–Crippen LogP) is 0.775. The molecule has 0 spiro atoms. The Kier molecular flexibility index (Phi) is 6.24. The van der Waals surface area contributed by atoms with Gasteiger partial charge in [0, 0.05) is 0 Å². The number of hydrogen-bond donors (Lipinski definition) is 0. The summed E-state index contributed by atoms with van der Waals surface area (Å²) >= 11 is 0. The van der Waals surface area contributed by atoms with Crippen molar-refractivity contribution in [2.45, 2.75) is 0 Å². The normalized spacial score (nSPS) is 10.8. The first-order chi connectivity index (χ1) is 12.4. The topological polar surface area (TPSA) is 0 Å². The fourth-order valence-electron chi connectivity index (χ4n) is 3.50. The van der Waals surface area contributed by atoms with Crippen molar-refractivity contribution in [2.75, 3.05) is 0 Å². The van der Waals surface area contributed by atoms with Crippen molar-refractivity contribution in [3.8, 4) is 0 Å². The van der Waals surface area contributed by atoms with Crippen molar-refractivity contribution < 1.29 is 24.0 Å². The van der Waals surface area contributed by atoms with Gasteiger partial charge in [0.1, 0.15) is 28.5 Å². The Morgan fingerprint density at radius 1 is 0.308 bits per heavy atom. The van der Waals surface area contributed by atoms with Crippen molar-refractivity contribution in [3.63, 3.8) is 0 Å². The summed E-state index contributed by atoms with van der Waals surface area (Å²) in [5.41, 5.74) is 0. The summed E-state index contributed by atoms with van der Waals surface area (Å²) in [6, 6.07) is 43.8. The average molecular weight is 468 g/mol. The molecule has 0 saturated carbocycles. The van der Waals surface area contributed by atoms with E-state index in [-0.39, 0.29) is 24.0 Å². The molecular formula is C24H22IP+2. The van der Waals surface area contributed by atoms with Gasteiger partial charge >= 0.3 is 0 Å². The molecule has 4 aromatic rings. The lowest BCUT2D eigenvalue weighted by Crippen LogP contribution is -3.00. The van der Waals surface area contributed by atoms with Crippen LogP contribution in [-0.4, -0.2) is 0 Å². The first-order valence-electron chi connectivity index (χ1n) is 8.54. The molecule has 0 heterocycles. The zero-order valence-corrected chi connectivity index (χ0v) is 17.9. The highest BCUT2D eigenvalue weighted by atomic mass is 127. The number of halogens is 1. The maximum Gasteiger partial charge on any atom is 0.235 e. The van der Waals surface area contributed by atoms with E-state index in [1.165, 1.54) is 21.2 Å². The van der Waals surface area contributed by atoms with Gasteiger partial charge in [-0.1, -0.05) is 72.8 Å². The van der Waals surface area contributed by atoms with Gasteiger partial charge in [-0.3, -0.25) is 0 Å². The van der Waals surface area contributed by atoms with Crippen LogP contribution in [0.1, 0.15) is 0 Å². The van der Waals surface area contributed by atoms with E-state index in [1.807, 2.05) is 0 Å². The summed E-state index contributed by atoms with van der Waals surface area (Å²) in [4.78, 5) is 0. The van der Waals surface area contributed by atoms with E-state index in [0.29, 0.717) is 0 Å². The fourth-order valence-corrected chi connectivity index (χ4v) is 7.77. The molecule has 0 fully saturated rings. The zero-order valence-electron chi connectivity index (χ0n) is 14.4. The third-order valence-electron chi connectivity index (χ3n) is 4.57. The summed E-state index contributed by atoms with van der Waals surface area (Å²) in [7, 11) is -1.91. The van der Waals surface area contributed by atoms with Crippen LogP contribution in [0, 0.1) is 0 Å². The number of hydrogen-bond acceptors (Lipinski definition) is 0. The Hall–Kier alpha value is -1.96. The average Bonchev–Trinajstić information content (AvgIpc) is 2.72. The van der Waals surface area contributed by atoms with Crippen LogP contribution in [0.15, 0.2) is 121 Å². The molecule has 0 saturated heterocycles. The summed E-state index contributed by atoms with van der Waals surface area (Å²) in [5.74, 6) is 0. The van der Waals surface area contributed by atoms with Gasteiger partial charge in [0.05, 0.1) is 0 Å². The minimum Gasteiger partial charge on any atom is -0.0620 e. The minimum absolute atomic E-state index is 0. The van der Waals surface area contributed by atoms with Gasteiger partial charge in [-0.2, -0.15) is 0 Å². The molecule has 0 aliphatic heterocycles. The number of benzene rings is 4. The van der Waals surface area contributed by atoms with Gasteiger partial charge < -0.3 is 0 Å². The van der Waals surface area contributed by atoms with E-state index >= 15 is 0 Å². The van der Waals surface area contributed by atoms with Gasteiger partial charge in [0.15, 0.2) is 0 Å². The quantitative estimate of drug-likeness (QED) is 0.307. The standard InChI is InChI=1S/C24H20P.H2I/c1-5-13-21(14-6-1)25(22-15-7-2-8-16-22,23-17-9-3-10-18-23)24-19-11-4-12-20-24;/h1-20H;1H2/q2*+1. The van der Waals surface area contributed by atoms with Crippen molar-refractivity contribution in [2.24, 2.45) is 0 Å². The second kappa shape index (κ2) is 8.62. The first-order valence-corrected chi connectivity index (χ1v) is 10.3. The molecule has 26 heavy (non-hydrogen) atoms. The zero-order chi connectivity index (χ0) is 17.0. The Labute approximate surface area is 173 Å². The highest BCUT2D eigenvalue weighted by Gasteiger charge is 2.47. The first kappa shape index (κ1) is 18.8. The van der Waals surface area contributed by atoms with E-state index in [4.69, 9.17) is 0 Å². The van der Waals surface area contributed by atoms with Crippen LogP contribution < -0.4 is 45.2 Å². The SMILES string of the molecule is [IH2+].c1ccc([P+](c2ccccc2)(c2ccccc2)c2ccccc2)cc1. The second-order valence-corrected chi connectivity index (χ2v) is 9.42. The smallest absolute Gasteiger partial charge is 0.0620 e. The van der Waals surface area contributed by atoms with Crippen molar-refractivity contribution in [1.29, 1.82) is 0 Å². The molecule has 0 N–H and O–H groups in total. The molecule has 0 aliphatic carbocycles. The molecule has 4 aromatic carbocycles. The van der Waals surface area contributed by atoms with Gasteiger partial charge in [-0.05, 0) is 48.5 Å². The van der Waals surface area contributed by atoms with E-state index in [2.05, 4.69) is 121 Å². The second-order valence-electron chi connectivity index (χ2n) is 6.01. The molecule has 0 nitrogen and oxygen atoms in total. The minimum atomic E-state index is -1.91. The monoisotopic (exact) mass is 468 g/mol. The van der Waals surface area contributed by atoms with Crippen LogP contribution in [0.4, 0.5) is 0 Å². The van der Waals surface area contributed by atoms with Gasteiger partial charge in [-0.25, -0.2) is 0 Å². The highest BCUT2D eigenvalue weighted by molar-refractivity contribution is 8.01. The molecule has 128 valence electrons. The van der Waals surface area contributed by atoms with E-state index in [9.17, 15) is 0 Å². The Balaban J connectivity index is 0.00000196. The number of rotatable bonds is 4. The van der Waals surface area contributed by atoms with Gasteiger partial charge in [0.2, 0.25) is 24.0 Å². The van der Waals surface area contributed by atoms with E-state index in [0.717, 1.165) is 0 Å². The largest absolute Gasteiger partial charge is 0.235 e. The van der Waals surface area contributed by atoms with E-state index < -0.39 is 7.26 Å². The van der Waals surface area contributed by atoms with E-state index in [1.54, 1.807) is 0 Å². The summed E-state index contributed by atoms with van der Waals surface area (Å²) in [5, 5.41) is 5.55. The molecule has 0 atom stereocenters. The Bertz CT molecular complexity index is 759. The van der Waals surface area contributed by atoms with Crippen LogP contribution in [0.2, 0.25) is 0 Å². The molecular weight excluding hydrogens is 446 g/mol. The third kappa shape index (κ3) is 3.34. The summed E-state index contributed by atoms with van der Waals surface area (Å²) in [6.07, 6.45) is 0. The van der Waals surface area contributed by atoms with Crippen LogP contribution in [0.5, 0.6) is 0 Å². The Morgan fingerprint density at radius 2 is 0.500 bits per heavy atom. The molecule has 0 aliphatic rings. The lowest BCUT2D eigenvalue weighted by atomic mass is 10.3. The van der Waals surface area contributed by atoms with Crippen molar-refractivity contribution in [3.05, 3.63) is 121 Å². The molecule has 0 amide bonds. The lowest BCUT2D eigenvalue weighted by molar-refractivity contribution is -0.00000473. The van der Waals surface area contributed by atoms with Crippen molar-refractivity contribution >= 4 is 28.5 Å².